The SMILES string of the molecule is CN1CCN(S(=O)(=O)c2cccc(C(=O)NCCc3cccc(Cl)c3)c2)CC1. The zero-order valence-electron chi connectivity index (χ0n) is 15.8. The summed E-state index contributed by atoms with van der Waals surface area (Å²) in [6.45, 7) is 2.74. The minimum Gasteiger partial charge on any atom is -0.352 e. The first-order chi connectivity index (χ1) is 13.4. The van der Waals surface area contributed by atoms with E-state index in [4.69, 9.17) is 11.6 Å². The van der Waals surface area contributed by atoms with E-state index in [1.165, 1.54) is 16.4 Å². The predicted octanol–water partition coefficient (Wildman–Crippen LogP) is 2.25. The van der Waals surface area contributed by atoms with Crippen LogP contribution in [0.5, 0.6) is 0 Å². The molecule has 0 bridgehead atoms. The van der Waals surface area contributed by atoms with Crippen molar-refractivity contribution in [1.82, 2.24) is 14.5 Å². The first-order valence-electron chi connectivity index (χ1n) is 9.18. The van der Waals surface area contributed by atoms with Crippen LogP contribution in [-0.4, -0.2) is 63.3 Å². The summed E-state index contributed by atoms with van der Waals surface area (Å²) < 4.78 is 27.2. The van der Waals surface area contributed by atoms with Crippen molar-refractivity contribution in [2.75, 3.05) is 39.8 Å². The Morgan fingerprint density at radius 2 is 1.79 bits per heavy atom. The van der Waals surface area contributed by atoms with Crippen LogP contribution in [0, 0.1) is 0 Å². The Morgan fingerprint density at radius 3 is 2.50 bits per heavy atom. The minimum atomic E-state index is -3.60. The topological polar surface area (TPSA) is 69.7 Å². The third-order valence-electron chi connectivity index (χ3n) is 4.78. The Morgan fingerprint density at radius 1 is 1.07 bits per heavy atom. The largest absolute Gasteiger partial charge is 0.352 e. The lowest BCUT2D eigenvalue weighted by Crippen LogP contribution is -2.47. The normalized spacial score (nSPS) is 16.1. The van der Waals surface area contributed by atoms with Crippen LogP contribution in [-0.2, 0) is 16.4 Å². The van der Waals surface area contributed by atoms with Crippen LogP contribution >= 0.6 is 11.6 Å². The Bertz CT molecular complexity index is 941. The number of halogens is 1. The summed E-state index contributed by atoms with van der Waals surface area (Å²) in [5.74, 6) is -0.294. The maximum absolute atomic E-state index is 12.9. The number of likely N-dealkylation sites (N-methyl/N-ethyl adjacent to an activating group) is 1. The summed E-state index contributed by atoms with van der Waals surface area (Å²) in [4.78, 5) is 14.7. The number of piperazine rings is 1. The van der Waals surface area contributed by atoms with Crippen molar-refractivity contribution in [1.29, 1.82) is 0 Å². The number of benzene rings is 2. The highest BCUT2D eigenvalue weighted by Crippen LogP contribution is 2.19. The molecule has 2 aromatic carbocycles. The molecule has 0 aliphatic carbocycles. The van der Waals surface area contributed by atoms with E-state index in [2.05, 4.69) is 10.2 Å². The van der Waals surface area contributed by atoms with Gasteiger partial charge in [-0.15, -0.1) is 0 Å². The van der Waals surface area contributed by atoms with Crippen LogP contribution in [0.4, 0.5) is 0 Å². The lowest BCUT2D eigenvalue weighted by atomic mass is 10.1. The van der Waals surface area contributed by atoms with E-state index in [0.29, 0.717) is 49.7 Å². The number of carbonyl (C=O) groups is 1. The van der Waals surface area contributed by atoms with E-state index < -0.39 is 10.0 Å². The van der Waals surface area contributed by atoms with E-state index in [9.17, 15) is 13.2 Å². The fourth-order valence-electron chi connectivity index (χ4n) is 3.09. The molecule has 0 atom stereocenters. The van der Waals surface area contributed by atoms with Crippen LogP contribution in [0.3, 0.4) is 0 Å². The van der Waals surface area contributed by atoms with Gasteiger partial charge in [-0.1, -0.05) is 29.8 Å². The second kappa shape index (κ2) is 9.05. The van der Waals surface area contributed by atoms with Crippen molar-refractivity contribution in [3.8, 4) is 0 Å². The summed E-state index contributed by atoms with van der Waals surface area (Å²) in [6, 6.07) is 13.7. The molecule has 1 aliphatic rings. The Hall–Kier alpha value is -1.93. The summed E-state index contributed by atoms with van der Waals surface area (Å²) in [7, 11) is -1.63. The third-order valence-corrected chi connectivity index (χ3v) is 6.91. The summed E-state index contributed by atoms with van der Waals surface area (Å²) in [6.07, 6.45) is 0.644. The van der Waals surface area contributed by atoms with Crippen molar-refractivity contribution in [2.24, 2.45) is 0 Å². The number of sulfonamides is 1. The van der Waals surface area contributed by atoms with E-state index >= 15 is 0 Å². The van der Waals surface area contributed by atoms with E-state index in [-0.39, 0.29) is 10.8 Å². The fraction of sp³-hybridized carbons (Fsp3) is 0.350. The monoisotopic (exact) mass is 421 g/mol. The summed E-state index contributed by atoms with van der Waals surface area (Å²) in [5, 5.41) is 3.49. The van der Waals surface area contributed by atoms with Gasteiger partial charge in [0.25, 0.3) is 5.91 Å². The van der Waals surface area contributed by atoms with Gasteiger partial charge in [-0.3, -0.25) is 4.79 Å². The van der Waals surface area contributed by atoms with E-state index in [0.717, 1.165) is 5.56 Å². The standard InChI is InChI=1S/C20H24ClN3O3S/c1-23-10-12-24(13-11-23)28(26,27)19-7-3-5-17(15-19)20(25)22-9-8-16-4-2-6-18(21)14-16/h2-7,14-15H,8-13H2,1H3,(H,22,25). The second-order valence-electron chi connectivity index (χ2n) is 6.87. The van der Waals surface area contributed by atoms with Crippen molar-refractivity contribution in [3.05, 3.63) is 64.7 Å². The molecule has 6 nitrogen and oxygen atoms in total. The fourth-order valence-corrected chi connectivity index (χ4v) is 4.77. The van der Waals surface area contributed by atoms with Gasteiger partial charge in [0.1, 0.15) is 0 Å². The molecular weight excluding hydrogens is 398 g/mol. The predicted molar refractivity (Wildman–Crippen MR) is 110 cm³/mol. The molecule has 2 aromatic rings. The number of rotatable bonds is 6. The highest BCUT2D eigenvalue weighted by Gasteiger charge is 2.27. The molecule has 8 heteroatoms. The number of nitrogens with one attached hydrogen (secondary N) is 1. The first-order valence-corrected chi connectivity index (χ1v) is 11.0. The number of nitrogens with zero attached hydrogens (tertiary/aromatic N) is 2. The number of carbonyl (C=O) groups excluding carboxylic acids is 1. The van der Waals surface area contributed by atoms with Gasteiger partial charge in [0, 0.05) is 43.3 Å². The van der Waals surface area contributed by atoms with Gasteiger partial charge in [0.2, 0.25) is 10.0 Å². The zero-order chi connectivity index (χ0) is 20.1. The molecular formula is C20H24ClN3O3S. The molecule has 0 spiro atoms. The molecule has 150 valence electrons. The van der Waals surface area contributed by atoms with Gasteiger partial charge in [-0.05, 0) is 49.4 Å². The molecule has 1 saturated heterocycles. The maximum Gasteiger partial charge on any atom is 0.251 e. The van der Waals surface area contributed by atoms with Crippen LogP contribution in [0.2, 0.25) is 5.02 Å². The van der Waals surface area contributed by atoms with E-state index in [1.807, 2.05) is 25.2 Å². The van der Waals surface area contributed by atoms with Gasteiger partial charge in [-0.2, -0.15) is 4.31 Å². The highest BCUT2D eigenvalue weighted by atomic mass is 35.5. The Labute approximate surface area is 171 Å². The van der Waals surface area contributed by atoms with Crippen molar-refractivity contribution in [3.63, 3.8) is 0 Å². The van der Waals surface area contributed by atoms with Crippen molar-refractivity contribution < 1.29 is 13.2 Å². The van der Waals surface area contributed by atoms with Gasteiger partial charge in [0.15, 0.2) is 0 Å². The molecule has 28 heavy (non-hydrogen) atoms. The second-order valence-corrected chi connectivity index (χ2v) is 9.25. The number of hydrogen-bond acceptors (Lipinski definition) is 4. The molecule has 3 rings (SSSR count). The van der Waals surface area contributed by atoms with Crippen LogP contribution in [0.1, 0.15) is 15.9 Å². The molecule has 1 amide bonds. The lowest BCUT2D eigenvalue weighted by Gasteiger charge is -2.31. The highest BCUT2D eigenvalue weighted by molar-refractivity contribution is 7.89. The van der Waals surface area contributed by atoms with Crippen molar-refractivity contribution in [2.45, 2.75) is 11.3 Å². The van der Waals surface area contributed by atoms with Gasteiger partial charge < -0.3 is 10.2 Å². The molecule has 0 unspecified atom stereocenters. The van der Waals surface area contributed by atoms with E-state index in [1.54, 1.807) is 18.2 Å². The maximum atomic E-state index is 12.9. The third kappa shape index (κ3) is 5.11. The molecule has 1 aliphatic heterocycles. The smallest absolute Gasteiger partial charge is 0.251 e. The average Bonchev–Trinajstić information content (AvgIpc) is 2.68. The average molecular weight is 422 g/mol. The molecule has 0 saturated carbocycles. The molecule has 0 radical (unpaired) electrons. The zero-order valence-corrected chi connectivity index (χ0v) is 17.3. The Balaban J connectivity index is 1.64. The molecule has 1 fully saturated rings. The van der Waals surface area contributed by atoms with Gasteiger partial charge >= 0.3 is 0 Å². The van der Waals surface area contributed by atoms with Crippen LogP contribution in [0.25, 0.3) is 0 Å². The summed E-state index contributed by atoms with van der Waals surface area (Å²) >= 11 is 5.96. The van der Waals surface area contributed by atoms with Crippen molar-refractivity contribution >= 4 is 27.5 Å². The molecule has 0 aromatic heterocycles. The first kappa shape index (κ1) is 20.8. The summed E-state index contributed by atoms with van der Waals surface area (Å²) in [5.41, 5.74) is 1.36. The quantitative estimate of drug-likeness (QED) is 0.776. The minimum absolute atomic E-state index is 0.152. The number of amides is 1. The van der Waals surface area contributed by atoms with Crippen LogP contribution < -0.4 is 5.32 Å². The van der Waals surface area contributed by atoms with Crippen LogP contribution in [0.15, 0.2) is 53.4 Å². The number of hydrogen-bond donors (Lipinski definition) is 1. The molecule has 1 N–H and O–H groups in total. The molecule has 1 heterocycles. The van der Waals surface area contributed by atoms with Gasteiger partial charge in [-0.25, -0.2) is 8.42 Å². The Kier molecular flexibility index (Phi) is 6.72. The van der Waals surface area contributed by atoms with Gasteiger partial charge in [0.05, 0.1) is 4.90 Å². The lowest BCUT2D eigenvalue weighted by molar-refractivity contribution is 0.0954.